The first-order valence-electron chi connectivity index (χ1n) is 15.3. The fourth-order valence-corrected chi connectivity index (χ4v) is 7.38. The molecule has 0 bridgehead atoms. The highest BCUT2D eigenvalue weighted by molar-refractivity contribution is 6.35. The number of aromatic nitrogens is 3. The first kappa shape index (κ1) is 28.9. The first-order chi connectivity index (χ1) is 21.8. The number of nitrogens with zero attached hydrogens (tertiary/aromatic N) is 5. The summed E-state index contributed by atoms with van der Waals surface area (Å²) in [6.07, 6.45) is 4.90. The maximum atomic E-state index is 12.4. The number of esters is 1. The van der Waals surface area contributed by atoms with Gasteiger partial charge >= 0.3 is 5.97 Å². The van der Waals surface area contributed by atoms with Crippen molar-refractivity contribution in [2.45, 2.75) is 63.3 Å². The Hall–Kier alpha value is -3.57. The maximum absolute atomic E-state index is 12.4. The predicted molar refractivity (Wildman–Crippen MR) is 169 cm³/mol. The SMILES string of the molecule is COC(=O)c1cc(Cl)c2nc(CN3CCN(c4cccc5c4O[C@@](C)(c4ccc(Cl)cn4)O5)[C@@H]4CC[C@H]43)n(C[C@@H]3CCO3)c2c1. The Bertz CT molecular complexity index is 1790. The van der Waals surface area contributed by atoms with Crippen molar-refractivity contribution in [3.05, 3.63) is 75.8 Å². The van der Waals surface area contributed by atoms with E-state index in [-0.39, 0.29) is 6.10 Å². The summed E-state index contributed by atoms with van der Waals surface area (Å²) in [6.45, 7) is 5.67. The standard InChI is InChI=1S/C33H33Cl2N5O5/c1-33(28-9-6-20(34)16-36-28)44-27-5-3-4-25(31(27)45-33)39-12-11-38(23-7-8-24(23)39)18-29-37-30-22(35)14-19(32(41)42-2)15-26(30)40(29)17-21-10-13-43-21/h3-6,9,14-16,21,23-24H,7-8,10-13,17-18H2,1-2H3/t21-,23+,24+,33-/m0/s1. The van der Waals surface area contributed by atoms with Gasteiger partial charge < -0.3 is 28.4 Å². The third-order valence-corrected chi connectivity index (χ3v) is 10.1. The van der Waals surface area contributed by atoms with Gasteiger partial charge in [-0.3, -0.25) is 9.88 Å². The molecule has 8 rings (SSSR count). The fourth-order valence-electron chi connectivity index (χ4n) is 7.01. The zero-order valence-corrected chi connectivity index (χ0v) is 26.6. The van der Waals surface area contributed by atoms with Crippen LogP contribution < -0.4 is 14.4 Å². The van der Waals surface area contributed by atoms with Crippen LogP contribution in [0.5, 0.6) is 11.5 Å². The van der Waals surface area contributed by atoms with Crippen LogP contribution in [0.1, 0.15) is 48.1 Å². The molecule has 2 aromatic carbocycles. The number of piperazine rings is 1. The number of rotatable bonds is 7. The maximum Gasteiger partial charge on any atom is 0.337 e. The van der Waals surface area contributed by atoms with Gasteiger partial charge in [0.15, 0.2) is 11.5 Å². The number of imidazole rings is 1. The van der Waals surface area contributed by atoms with Crippen molar-refractivity contribution < 1.29 is 23.7 Å². The average Bonchev–Trinajstić information content (AvgIpc) is 3.53. The second-order valence-corrected chi connectivity index (χ2v) is 13.1. The van der Waals surface area contributed by atoms with E-state index in [1.807, 2.05) is 31.2 Å². The molecule has 3 fully saturated rings. The van der Waals surface area contributed by atoms with Crippen LogP contribution in [0, 0.1) is 0 Å². The van der Waals surface area contributed by atoms with Crippen LogP contribution in [0.2, 0.25) is 10.0 Å². The van der Waals surface area contributed by atoms with Crippen molar-refractivity contribution in [1.82, 2.24) is 19.4 Å². The highest BCUT2D eigenvalue weighted by atomic mass is 35.5. The molecule has 0 radical (unpaired) electrons. The fraction of sp³-hybridized carbons (Fsp3) is 0.424. The summed E-state index contributed by atoms with van der Waals surface area (Å²) >= 11 is 12.8. The van der Waals surface area contributed by atoms with E-state index in [2.05, 4.69) is 25.4 Å². The van der Waals surface area contributed by atoms with Gasteiger partial charge in [-0.1, -0.05) is 29.3 Å². The Morgan fingerprint density at radius 1 is 1.09 bits per heavy atom. The number of halogens is 2. The van der Waals surface area contributed by atoms with Gasteiger partial charge in [-0.25, -0.2) is 9.78 Å². The van der Waals surface area contributed by atoms with Crippen LogP contribution in [-0.4, -0.2) is 70.4 Å². The topological polar surface area (TPSA) is 91.2 Å². The molecule has 1 aliphatic carbocycles. The van der Waals surface area contributed by atoms with E-state index in [1.54, 1.807) is 18.3 Å². The molecule has 4 atom stereocenters. The van der Waals surface area contributed by atoms with E-state index in [0.717, 1.165) is 61.7 Å². The quantitative estimate of drug-likeness (QED) is 0.230. The second kappa shape index (κ2) is 11.0. The van der Waals surface area contributed by atoms with E-state index >= 15 is 0 Å². The zero-order valence-electron chi connectivity index (χ0n) is 25.0. The van der Waals surface area contributed by atoms with Gasteiger partial charge in [0, 0.05) is 44.9 Å². The van der Waals surface area contributed by atoms with Crippen LogP contribution >= 0.6 is 23.2 Å². The Morgan fingerprint density at radius 3 is 2.64 bits per heavy atom. The van der Waals surface area contributed by atoms with E-state index in [1.165, 1.54) is 7.11 Å². The molecule has 0 unspecified atom stereocenters. The lowest BCUT2D eigenvalue weighted by Gasteiger charge is -2.54. The van der Waals surface area contributed by atoms with Crippen molar-refractivity contribution in [3.63, 3.8) is 0 Å². The van der Waals surface area contributed by atoms with E-state index in [4.69, 9.17) is 47.1 Å². The second-order valence-electron chi connectivity index (χ2n) is 12.2. The molecule has 3 aliphatic heterocycles. The molecule has 4 aromatic rings. The van der Waals surface area contributed by atoms with Crippen molar-refractivity contribution in [2.75, 3.05) is 31.7 Å². The lowest BCUT2D eigenvalue weighted by Crippen LogP contribution is -2.64. The third-order valence-electron chi connectivity index (χ3n) is 9.59. The molecule has 45 heavy (non-hydrogen) atoms. The van der Waals surface area contributed by atoms with Gasteiger partial charge in [0.05, 0.1) is 53.1 Å². The summed E-state index contributed by atoms with van der Waals surface area (Å²) < 4.78 is 25.8. The van der Waals surface area contributed by atoms with Crippen molar-refractivity contribution in [1.29, 1.82) is 0 Å². The van der Waals surface area contributed by atoms with Crippen LogP contribution in [0.15, 0.2) is 48.7 Å². The van der Waals surface area contributed by atoms with Gasteiger partial charge in [0.25, 0.3) is 5.79 Å². The molecule has 10 nitrogen and oxygen atoms in total. The Labute approximate surface area is 270 Å². The molecule has 12 heteroatoms. The normalized spacial score (nSPS) is 25.5. The van der Waals surface area contributed by atoms with Gasteiger partial charge in [-0.15, -0.1) is 0 Å². The largest absolute Gasteiger partial charge is 0.465 e. The molecule has 234 valence electrons. The van der Waals surface area contributed by atoms with Gasteiger partial charge in [0.2, 0.25) is 0 Å². The molecule has 0 N–H and O–H groups in total. The highest BCUT2D eigenvalue weighted by Gasteiger charge is 2.47. The van der Waals surface area contributed by atoms with Gasteiger partial charge in [-0.05, 0) is 55.7 Å². The smallest absolute Gasteiger partial charge is 0.337 e. The van der Waals surface area contributed by atoms with Crippen molar-refractivity contribution in [3.8, 4) is 11.5 Å². The summed E-state index contributed by atoms with van der Waals surface area (Å²) in [5.41, 5.74) is 3.63. The first-order valence-corrected chi connectivity index (χ1v) is 16.1. The van der Waals surface area contributed by atoms with Crippen molar-refractivity contribution in [2.24, 2.45) is 0 Å². The zero-order chi connectivity index (χ0) is 30.9. The number of para-hydroxylation sites is 1. The molecule has 4 aliphatic rings. The molecular formula is C33H33Cl2N5O5. The lowest BCUT2D eigenvalue weighted by atomic mass is 9.81. The number of fused-ring (bicyclic) bond motifs is 3. The third kappa shape index (κ3) is 4.90. The van der Waals surface area contributed by atoms with E-state index in [0.29, 0.717) is 57.7 Å². The van der Waals surface area contributed by atoms with E-state index < -0.39 is 11.8 Å². The molecule has 2 aromatic heterocycles. The van der Waals surface area contributed by atoms with Crippen LogP contribution in [0.25, 0.3) is 11.0 Å². The van der Waals surface area contributed by atoms with Gasteiger partial charge in [-0.2, -0.15) is 0 Å². The summed E-state index contributed by atoms with van der Waals surface area (Å²) in [4.78, 5) is 26.9. The van der Waals surface area contributed by atoms with Crippen LogP contribution in [0.3, 0.4) is 0 Å². The molecule has 0 spiro atoms. The number of ether oxygens (including phenoxy) is 4. The summed E-state index contributed by atoms with van der Waals surface area (Å²) in [5.74, 6) is 0.914. The minimum Gasteiger partial charge on any atom is -0.465 e. The minimum atomic E-state index is -1.04. The molecule has 5 heterocycles. The van der Waals surface area contributed by atoms with Crippen LogP contribution in [0.4, 0.5) is 5.69 Å². The number of benzene rings is 2. The molecule has 2 saturated heterocycles. The predicted octanol–water partition coefficient (Wildman–Crippen LogP) is 5.81. The Kier molecular flexibility index (Phi) is 7.09. The summed E-state index contributed by atoms with van der Waals surface area (Å²) in [6, 6.07) is 13.9. The number of hydrogen-bond acceptors (Lipinski definition) is 9. The Balaban J connectivity index is 1.06. The van der Waals surface area contributed by atoms with Gasteiger partial charge in [0.1, 0.15) is 17.0 Å². The number of methoxy groups -OCH3 is 1. The molecule has 0 amide bonds. The highest BCUT2D eigenvalue weighted by Crippen LogP contribution is 2.51. The number of hydrogen-bond donors (Lipinski definition) is 0. The van der Waals surface area contributed by atoms with Crippen molar-refractivity contribution >= 4 is 45.9 Å². The monoisotopic (exact) mass is 649 g/mol. The average molecular weight is 651 g/mol. The number of carbonyl (C=O) groups excluding carboxylic acids is 1. The lowest BCUT2D eigenvalue weighted by molar-refractivity contribution is -0.0717. The summed E-state index contributed by atoms with van der Waals surface area (Å²) in [5, 5.41) is 1.00. The minimum absolute atomic E-state index is 0.117. The molecular weight excluding hydrogens is 617 g/mol. The Morgan fingerprint density at radius 2 is 1.93 bits per heavy atom. The number of pyridine rings is 1. The number of anilines is 1. The molecule has 1 saturated carbocycles. The summed E-state index contributed by atoms with van der Waals surface area (Å²) in [7, 11) is 1.37. The van der Waals surface area contributed by atoms with Crippen LogP contribution in [-0.2, 0) is 28.4 Å². The number of carbonyl (C=O) groups is 1. The van der Waals surface area contributed by atoms with E-state index in [9.17, 15) is 4.79 Å².